The maximum absolute atomic E-state index is 4.89. The molecule has 9 heavy (non-hydrogen) atoms. The van der Waals surface area contributed by atoms with Crippen molar-refractivity contribution in [2.45, 2.75) is 0 Å². The van der Waals surface area contributed by atoms with Crippen LogP contribution in [0, 0.1) is 12.5 Å². The van der Waals surface area contributed by atoms with E-state index in [4.69, 9.17) is 11.2 Å². The van der Waals surface area contributed by atoms with Gasteiger partial charge in [0, 0.05) is 0 Å². The fourth-order valence-electron chi connectivity index (χ4n) is 0.557. The molecule has 44 valence electrons. The molecule has 0 amide bonds. The first-order chi connectivity index (χ1) is 4.43. The van der Waals surface area contributed by atoms with Gasteiger partial charge >= 0.3 is 0 Å². The van der Waals surface area contributed by atoms with Gasteiger partial charge in [0.1, 0.15) is 11.9 Å². The third-order valence-corrected chi connectivity index (χ3v) is 0.920. The fraction of sp³-hybridized carbons (Fsp3) is 0. The number of rotatable bonds is 1. The summed E-state index contributed by atoms with van der Waals surface area (Å²) in [5.41, 5.74) is 0. The number of hydrogen-bond acceptors (Lipinski definition) is 1. The molecule has 0 aromatic heterocycles. The number of hydrogen-bond donors (Lipinski definition) is 0. The van der Waals surface area contributed by atoms with E-state index in [-0.39, 0.29) is 0 Å². The molecule has 0 heterocycles. The molecule has 0 aliphatic rings. The van der Waals surface area contributed by atoms with Crippen LogP contribution < -0.4 is 4.74 Å². The van der Waals surface area contributed by atoms with E-state index in [1.165, 1.54) is 0 Å². The fourth-order valence-corrected chi connectivity index (χ4v) is 0.557. The van der Waals surface area contributed by atoms with Crippen LogP contribution in [-0.4, -0.2) is 0 Å². The number of ether oxygens (including phenoxy) is 1. The van der Waals surface area contributed by atoms with Crippen LogP contribution in [0.2, 0.25) is 0 Å². The summed E-state index contributed by atoms with van der Waals surface area (Å²) in [5, 5.41) is 0. The van der Waals surface area contributed by atoms with Crippen LogP contribution in [0.1, 0.15) is 0 Å². The smallest absolute Gasteiger partial charge is 0.140 e. The lowest BCUT2D eigenvalue weighted by Crippen LogP contribution is -1.78. The molecule has 0 fully saturated rings. The summed E-state index contributed by atoms with van der Waals surface area (Å²) in [5.74, 6) is 0.708. The average Bonchev–Trinajstić information content (AvgIpc) is 1.91. The van der Waals surface area contributed by atoms with Crippen LogP contribution in [0.4, 0.5) is 0 Å². The van der Waals surface area contributed by atoms with E-state index < -0.39 is 0 Å². The Balaban J connectivity index is 2.76. The first kappa shape index (κ1) is 5.71. The van der Waals surface area contributed by atoms with Gasteiger partial charge in [-0.2, -0.15) is 0 Å². The molecule has 1 rings (SSSR count). The first-order valence-corrected chi connectivity index (χ1v) is 2.61. The normalized spacial score (nSPS) is 7.89. The van der Waals surface area contributed by atoms with E-state index in [9.17, 15) is 0 Å². The van der Waals surface area contributed by atoms with Crippen molar-refractivity contribution in [2.75, 3.05) is 0 Å². The van der Waals surface area contributed by atoms with Crippen molar-refractivity contribution in [1.29, 1.82) is 0 Å². The van der Waals surface area contributed by atoms with Gasteiger partial charge in [0.2, 0.25) is 0 Å². The van der Waals surface area contributed by atoms with E-state index in [0.29, 0.717) is 5.75 Å². The molecule has 1 aromatic rings. The minimum Gasteiger partial charge on any atom is -0.408 e. The Morgan fingerprint density at radius 1 is 1.22 bits per heavy atom. The zero-order valence-corrected chi connectivity index (χ0v) is 4.87. The number of para-hydroxylation sites is 1. The molecule has 1 aromatic carbocycles. The van der Waals surface area contributed by atoms with Crippen molar-refractivity contribution in [3.8, 4) is 18.3 Å². The summed E-state index contributed by atoms with van der Waals surface area (Å²) < 4.78 is 4.73. The molecule has 0 aliphatic heterocycles. The average molecular weight is 118 g/mol. The predicted molar refractivity (Wildman–Crippen MR) is 35.9 cm³/mol. The lowest BCUT2D eigenvalue weighted by Gasteiger charge is -1.91. The highest BCUT2D eigenvalue weighted by atomic mass is 16.5. The molecule has 1 nitrogen and oxygen atoms in total. The van der Waals surface area contributed by atoms with E-state index in [1.807, 2.05) is 18.2 Å². The van der Waals surface area contributed by atoms with Gasteiger partial charge in [0.15, 0.2) is 0 Å². The molecule has 0 N–H and O–H groups in total. The highest BCUT2D eigenvalue weighted by Crippen LogP contribution is 2.06. The summed E-state index contributed by atoms with van der Waals surface area (Å²) in [4.78, 5) is 0. The zero-order chi connectivity index (χ0) is 6.53. The van der Waals surface area contributed by atoms with Gasteiger partial charge in [0.05, 0.1) is 0 Å². The molecule has 0 spiro atoms. The Morgan fingerprint density at radius 3 is 2.44 bits per heavy atom. The maximum atomic E-state index is 4.89. The van der Waals surface area contributed by atoms with Gasteiger partial charge in [-0.25, -0.2) is 0 Å². The number of benzene rings is 1. The zero-order valence-electron chi connectivity index (χ0n) is 4.87. The summed E-state index contributed by atoms with van der Waals surface area (Å²) >= 11 is 0. The predicted octanol–water partition coefficient (Wildman–Crippen LogP) is 1.66. The van der Waals surface area contributed by atoms with Crippen LogP contribution in [0.3, 0.4) is 0 Å². The summed E-state index contributed by atoms with van der Waals surface area (Å²) in [6, 6.07) is 9.25. The van der Waals surface area contributed by atoms with Gasteiger partial charge < -0.3 is 4.74 Å². The van der Waals surface area contributed by atoms with Crippen molar-refractivity contribution >= 4 is 0 Å². The molecule has 0 saturated heterocycles. The standard InChI is InChI=1S/C8H6O/c1-2-9-8-6-4-3-5-7-8/h1,3-7H. The quantitative estimate of drug-likeness (QED) is 0.509. The van der Waals surface area contributed by atoms with Crippen molar-refractivity contribution < 1.29 is 4.74 Å². The minimum absolute atomic E-state index is 0.708. The second kappa shape index (κ2) is 2.78. The van der Waals surface area contributed by atoms with Crippen molar-refractivity contribution in [3.05, 3.63) is 30.3 Å². The van der Waals surface area contributed by atoms with E-state index in [2.05, 4.69) is 6.11 Å². The molecule has 0 aliphatic carbocycles. The lowest BCUT2D eigenvalue weighted by atomic mass is 10.3. The van der Waals surface area contributed by atoms with Gasteiger partial charge in [-0.05, 0) is 12.1 Å². The highest BCUT2D eigenvalue weighted by molar-refractivity contribution is 5.22. The molecule has 0 saturated carbocycles. The van der Waals surface area contributed by atoms with E-state index >= 15 is 0 Å². The van der Waals surface area contributed by atoms with Gasteiger partial charge in [-0.1, -0.05) is 24.6 Å². The SMILES string of the molecule is C#COc1ccccc1. The third kappa shape index (κ3) is 1.50. The van der Waals surface area contributed by atoms with Crippen LogP contribution >= 0.6 is 0 Å². The highest BCUT2D eigenvalue weighted by Gasteiger charge is 1.83. The minimum atomic E-state index is 0.708. The Bertz CT molecular complexity index is 208. The molecular formula is C8H6O. The molecule has 0 radical (unpaired) electrons. The van der Waals surface area contributed by atoms with Crippen LogP contribution in [0.5, 0.6) is 5.75 Å². The Labute approximate surface area is 54.3 Å². The van der Waals surface area contributed by atoms with Crippen molar-refractivity contribution in [1.82, 2.24) is 0 Å². The van der Waals surface area contributed by atoms with E-state index in [1.54, 1.807) is 12.1 Å². The number of terminal acetylenes is 1. The summed E-state index contributed by atoms with van der Waals surface area (Å²) in [7, 11) is 0. The first-order valence-electron chi connectivity index (χ1n) is 2.61. The maximum Gasteiger partial charge on any atom is 0.140 e. The summed E-state index contributed by atoms with van der Waals surface area (Å²) in [6.45, 7) is 0. The third-order valence-electron chi connectivity index (χ3n) is 0.920. The van der Waals surface area contributed by atoms with Gasteiger partial charge in [0.25, 0.3) is 0 Å². The molecule has 0 unspecified atom stereocenters. The van der Waals surface area contributed by atoms with Crippen molar-refractivity contribution in [2.24, 2.45) is 0 Å². The van der Waals surface area contributed by atoms with Gasteiger partial charge in [-0.15, -0.1) is 0 Å². The van der Waals surface area contributed by atoms with E-state index in [0.717, 1.165) is 0 Å². The second-order valence-electron chi connectivity index (χ2n) is 1.53. The monoisotopic (exact) mass is 118 g/mol. The molecular weight excluding hydrogens is 112 g/mol. The van der Waals surface area contributed by atoms with Crippen LogP contribution in [-0.2, 0) is 0 Å². The molecule has 0 atom stereocenters. The Hall–Kier alpha value is -1.42. The van der Waals surface area contributed by atoms with Gasteiger partial charge in [-0.3, -0.25) is 0 Å². The Kier molecular flexibility index (Phi) is 1.77. The molecule has 1 heteroatoms. The van der Waals surface area contributed by atoms with Crippen molar-refractivity contribution in [3.63, 3.8) is 0 Å². The summed E-state index contributed by atoms with van der Waals surface area (Å²) in [6.07, 6.45) is 6.97. The van der Waals surface area contributed by atoms with Crippen LogP contribution in [0.25, 0.3) is 0 Å². The van der Waals surface area contributed by atoms with Crippen LogP contribution in [0.15, 0.2) is 30.3 Å². The lowest BCUT2D eigenvalue weighted by molar-refractivity contribution is 0.521. The topological polar surface area (TPSA) is 9.23 Å². The second-order valence-corrected chi connectivity index (χ2v) is 1.53. The Morgan fingerprint density at radius 2 is 1.89 bits per heavy atom. The largest absolute Gasteiger partial charge is 0.408 e. The molecule has 0 bridgehead atoms.